The summed E-state index contributed by atoms with van der Waals surface area (Å²) in [5.41, 5.74) is 0.426. The fourth-order valence-corrected chi connectivity index (χ4v) is 3.73. The van der Waals surface area contributed by atoms with Crippen molar-refractivity contribution in [1.82, 2.24) is 15.1 Å². The Balaban J connectivity index is 1.54. The first-order valence-electron chi connectivity index (χ1n) is 8.92. The Labute approximate surface area is 149 Å². The number of piperidine rings is 1. The lowest BCUT2D eigenvalue weighted by Crippen LogP contribution is -2.56. The van der Waals surface area contributed by atoms with Crippen molar-refractivity contribution in [2.75, 3.05) is 33.3 Å². The monoisotopic (exact) mass is 345 g/mol. The average Bonchev–Trinajstić information content (AvgIpc) is 2.81. The SMILES string of the molecule is Cc1ccc(OCCN2CCC[C@@H]([C@@]3(C)NC(=O)N(C)C3=O)C2)cc1. The number of nitrogens with zero attached hydrogens (tertiary/aromatic N) is 2. The fraction of sp³-hybridized carbons (Fsp3) is 0.579. The molecule has 2 saturated heterocycles. The van der Waals surface area contributed by atoms with Gasteiger partial charge >= 0.3 is 6.03 Å². The summed E-state index contributed by atoms with van der Waals surface area (Å²) in [6.07, 6.45) is 1.98. The molecule has 6 heteroatoms. The molecule has 0 radical (unpaired) electrons. The lowest BCUT2D eigenvalue weighted by Gasteiger charge is -2.39. The Morgan fingerprint density at radius 3 is 2.64 bits per heavy atom. The molecule has 2 aliphatic rings. The van der Waals surface area contributed by atoms with Crippen LogP contribution in [-0.4, -0.2) is 60.6 Å². The van der Waals surface area contributed by atoms with Crippen LogP contribution in [0.25, 0.3) is 0 Å². The van der Waals surface area contributed by atoms with E-state index in [2.05, 4.69) is 17.1 Å². The molecular weight excluding hydrogens is 318 g/mol. The zero-order valence-electron chi connectivity index (χ0n) is 15.2. The molecule has 1 aromatic rings. The van der Waals surface area contributed by atoms with Gasteiger partial charge in [-0.15, -0.1) is 0 Å². The van der Waals surface area contributed by atoms with Crippen molar-refractivity contribution in [3.63, 3.8) is 0 Å². The summed E-state index contributed by atoms with van der Waals surface area (Å²) >= 11 is 0. The summed E-state index contributed by atoms with van der Waals surface area (Å²) in [5, 5.41) is 2.89. The van der Waals surface area contributed by atoms with Crippen LogP contribution in [0, 0.1) is 12.8 Å². The molecule has 0 spiro atoms. The van der Waals surface area contributed by atoms with Crippen LogP contribution in [0.5, 0.6) is 5.75 Å². The van der Waals surface area contributed by atoms with E-state index in [1.54, 1.807) is 7.05 Å². The molecule has 2 aliphatic heterocycles. The number of imide groups is 1. The number of hydrogen-bond acceptors (Lipinski definition) is 4. The second-order valence-corrected chi connectivity index (χ2v) is 7.30. The Morgan fingerprint density at radius 1 is 1.28 bits per heavy atom. The highest BCUT2D eigenvalue weighted by molar-refractivity contribution is 6.06. The number of likely N-dealkylation sites (tertiary alicyclic amines) is 1. The van der Waals surface area contributed by atoms with Gasteiger partial charge in [-0.25, -0.2) is 4.79 Å². The first-order valence-corrected chi connectivity index (χ1v) is 8.92. The largest absolute Gasteiger partial charge is 0.492 e. The van der Waals surface area contributed by atoms with Crippen molar-refractivity contribution in [2.24, 2.45) is 5.92 Å². The summed E-state index contributed by atoms with van der Waals surface area (Å²) < 4.78 is 5.82. The third-order valence-corrected chi connectivity index (χ3v) is 5.44. The average molecular weight is 345 g/mol. The number of hydrogen-bond donors (Lipinski definition) is 1. The maximum absolute atomic E-state index is 12.5. The molecule has 1 aromatic carbocycles. The molecule has 6 nitrogen and oxygen atoms in total. The molecule has 2 atom stereocenters. The molecule has 2 heterocycles. The summed E-state index contributed by atoms with van der Waals surface area (Å²) in [4.78, 5) is 27.8. The van der Waals surface area contributed by atoms with Gasteiger partial charge in [-0.1, -0.05) is 17.7 Å². The molecule has 0 unspecified atom stereocenters. The maximum Gasteiger partial charge on any atom is 0.324 e. The van der Waals surface area contributed by atoms with E-state index in [1.165, 1.54) is 10.5 Å². The highest BCUT2D eigenvalue weighted by atomic mass is 16.5. The zero-order chi connectivity index (χ0) is 18.0. The minimum absolute atomic E-state index is 0.125. The molecule has 0 aromatic heterocycles. The van der Waals surface area contributed by atoms with E-state index in [4.69, 9.17) is 4.74 Å². The number of urea groups is 1. The number of rotatable bonds is 5. The molecular formula is C19H27N3O3. The van der Waals surface area contributed by atoms with Crippen LogP contribution in [0.2, 0.25) is 0 Å². The van der Waals surface area contributed by atoms with Gasteiger partial charge in [0, 0.05) is 26.1 Å². The number of carbonyl (C=O) groups excluding carboxylic acids is 2. The predicted octanol–water partition coefficient (Wildman–Crippen LogP) is 2.03. The minimum Gasteiger partial charge on any atom is -0.492 e. The summed E-state index contributed by atoms with van der Waals surface area (Å²) in [6, 6.07) is 7.75. The number of amides is 3. The lowest BCUT2D eigenvalue weighted by atomic mass is 9.80. The normalized spacial score (nSPS) is 27.5. The van der Waals surface area contributed by atoms with Crippen LogP contribution in [0.3, 0.4) is 0 Å². The van der Waals surface area contributed by atoms with Crippen LogP contribution in [0.1, 0.15) is 25.3 Å². The molecule has 0 aliphatic carbocycles. The van der Waals surface area contributed by atoms with Crippen molar-refractivity contribution >= 4 is 11.9 Å². The van der Waals surface area contributed by atoms with Crippen LogP contribution >= 0.6 is 0 Å². The van der Waals surface area contributed by atoms with Gasteiger partial charge in [0.25, 0.3) is 5.91 Å². The highest BCUT2D eigenvalue weighted by Crippen LogP contribution is 2.31. The van der Waals surface area contributed by atoms with Gasteiger partial charge < -0.3 is 10.1 Å². The van der Waals surface area contributed by atoms with E-state index < -0.39 is 5.54 Å². The summed E-state index contributed by atoms with van der Waals surface area (Å²) in [6.45, 7) is 7.15. The van der Waals surface area contributed by atoms with Gasteiger partial charge in [0.2, 0.25) is 0 Å². The van der Waals surface area contributed by atoms with Gasteiger partial charge in [-0.2, -0.15) is 0 Å². The molecule has 0 saturated carbocycles. The van der Waals surface area contributed by atoms with Crippen LogP contribution in [-0.2, 0) is 4.79 Å². The smallest absolute Gasteiger partial charge is 0.324 e. The molecule has 3 amide bonds. The number of ether oxygens (including phenoxy) is 1. The molecule has 136 valence electrons. The van der Waals surface area contributed by atoms with Gasteiger partial charge in [-0.3, -0.25) is 14.6 Å². The number of likely N-dealkylation sites (N-methyl/N-ethyl adjacent to an activating group) is 1. The first kappa shape index (κ1) is 17.7. The summed E-state index contributed by atoms with van der Waals surface area (Å²) in [5.74, 6) is 0.883. The highest BCUT2D eigenvalue weighted by Gasteiger charge is 2.51. The topological polar surface area (TPSA) is 61.9 Å². The van der Waals surface area contributed by atoms with E-state index in [9.17, 15) is 9.59 Å². The number of nitrogens with one attached hydrogen (secondary N) is 1. The van der Waals surface area contributed by atoms with Gasteiger partial charge in [0.1, 0.15) is 17.9 Å². The van der Waals surface area contributed by atoms with Crippen molar-refractivity contribution in [1.29, 1.82) is 0 Å². The molecule has 0 bridgehead atoms. The Bertz CT molecular complexity index is 646. The third kappa shape index (κ3) is 3.63. The second-order valence-electron chi connectivity index (χ2n) is 7.30. The Kier molecular flexibility index (Phi) is 4.99. The lowest BCUT2D eigenvalue weighted by molar-refractivity contribution is -0.132. The standard InChI is InChI=1S/C19H27N3O3/c1-14-6-8-16(9-7-14)25-12-11-22-10-4-5-15(13-22)19(2)17(23)21(3)18(24)20-19/h6-9,15H,4-5,10-13H2,1-3H3,(H,20,24)/t15-,19-/m1/s1. The molecule has 1 N–H and O–H groups in total. The zero-order valence-corrected chi connectivity index (χ0v) is 15.2. The van der Waals surface area contributed by atoms with Crippen molar-refractivity contribution in [2.45, 2.75) is 32.2 Å². The first-order chi connectivity index (χ1) is 11.9. The van der Waals surface area contributed by atoms with E-state index in [0.29, 0.717) is 6.61 Å². The number of benzene rings is 1. The van der Waals surface area contributed by atoms with Crippen LogP contribution < -0.4 is 10.1 Å². The van der Waals surface area contributed by atoms with E-state index in [1.807, 2.05) is 31.2 Å². The molecule has 25 heavy (non-hydrogen) atoms. The molecule has 3 rings (SSSR count). The Morgan fingerprint density at radius 2 is 2.00 bits per heavy atom. The fourth-order valence-electron chi connectivity index (χ4n) is 3.73. The van der Waals surface area contributed by atoms with Gasteiger partial charge in [0.15, 0.2) is 0 Å². The number of aryl methyl sites for hydroxylation is 1. The van der Waals surface area contributed by atoms with Crippen LogP contribution in [0.15, 0.2) is 24.3 Å². The van der Waals surface area contributed by atoms with Crippen molar-refractivity contribution in [3.8, 4) is 5.75 Å². The Hall–Kier alpha value is -2.08. The quantitative estimate of drug-likeness (QED) is 0.830. The minimum atomic E-state index is -0.789. The van der Waals surface area contributed by atoms with Crippen molar-refractivity contribution < 1.29 is 14.3 Å². The van der Waals surface area contributed by atoms with E-state index in [0.717, 1.165) is 38.2 Å². The predicted molar refractivity (Wildman–Crippen MR) is 95.5 cm³/mol. The number of carbonyl (C=O) groups is 2. The molecule has 2 fully saturated rings. The van der Waals surface area contributed by atoms with Gasteiger partial charge in [-0.05, 0) is 45.4 Å². The third-order valence-electron chi connectivity index (χ3n) is 5.44. The van der Waals surface area contributed by atoms with Crippen LogP contribution in [0.4, 0.5) is 4.79 Å². The summed E-state index contributed by atoms with van der Waals surface area (Å²) in [7, 11) is 1.54. The maximum atomic E-state index is 12.5. The van der Waals surface area contributed by atoms with E-state index in [-0.39, 0.29) is 17.9 Å². The second kappa shape index (κ2) is 7.04. The van der Waals surface area contributed by atoms with Crippen molar-refractivity contribution in [3.05, 3.63) is 29.8 Å². The van der Waals surface area contributed by atoms with Gasteiger partial charge in [0.05, 0.1) is 0 Å². The van der Waals surface area contributed by atoms with E-state index >= 15 is 0 Å².